The molecule has 1 aliphatic rings. The number of anilines is 1. The molecule has 0 spiro atoms. The van der Waals surface area contributed by atoms with Gasteiger partial charge in [-0.2, -0.15) is 18.4 Å². The van der Waals surface area contributed by atoms with Crippen LogP contribution in [-0.2, 0) is 11.0 Å². The van der Waals surface area contributed by atoms with Crippen molar-refractivity contribution in [3.05, 3.63) is 29.3 Å². The van der Waals surface area contributed by atoms with Crippen molar-refractivity contribution in [1.29, 1.82) is 5.26 Å². The zero-order valence-electron chi connectivity index (χ0n) is 14.9. The summed E-state index contributed by atoms with van der Waals surface area (Å²) in [5.74, 6) is -0.378. The number of carbonyl (C=O) groups is 1. The summed E-state index contributed by atoms with van der Waals surface area (Å²) in [7, 11) is 0. The Morgan fingerprint density at radius 3 is 2.46 bits per heavy atom. The van der Waals surface area contributed by atoms with E-state index in [1.165, 1.54) is 12.1 Å². The van der Waals surface area contributed by atoms with E-state index in [0.717, 1.165) is 36.3 Å². The highest BCUT2D eigenvalue weighted by Crippen LogP contribution is 2.37. The van der Waals surface area contributed by atoms with Crippen LogP contribution in [0.4, 0.5) is 18.9 Å². The lowest BCUT2D eigenvalue weighted by Gasteiger charge is -2.29. The second-order valence-corrected chi connectivity index (χ2v) is 7.05. The van der Waals surface area contributed by atoms with E-state index in [-0.39, 0.29) is 16.7 Å². The third-order valence-electron chi connectivity index (χ3n) is 4.50. The molecule has 0 saturated carbocycles. The molecule has 1 heterocycles. The third kappa shape index (κ3) is 3.54. The van der Waals surface area contributed by atoms with E-state index in [1.54, 1.807) is 18.7 Å². The molecule has 0 aliphatic carbocycles. The second kappa shape index (κ2) is 7.23. The van der Waals surface area contributed by atoms with Gasteiger partial charge in [-0.05, 0) is 50.7 Å². The van der Waals surface area contributed by atoms with Gasteiger partial charge in [0.05, 0.1) is 22.9 Å². The standard InChI is InChI=1S/C18H20F3N3OS/c1-4-5-6-9-23-16(26)24(15(25)17(23,2)3)13-8-7-12(11-22)14(10-13)18(19,20)21/h7-8,10H,4-6,9H2,1-3H3. The molecule has 0 atom stereocenters. The Labute approximate surface area is 156 Å². The number of amides is 1. The van der Waals surface area contributed by atoms with E-state index in [4.69, 9.17) is 17.5 Å². The van der Waals surface area contributed by atoms with Crippen LogP contribution in [0.25, 0.3) is 0 Å². The summed E-state index contributed by atoms with van der Waals surface area (Å²) < 4.78 is 39.7. The first-order valence-electron chi connectivity index (χ1n) is 8.33. The minimum Gasteiger partial charge on any atom is -0.334 e. The number of halogens is 3. The lowest BCUT2D eigenvalue weighted by atomic mass is 10.0. The first-order valence-corrected chi connectivity index (χ1v) is 8.74. The van der Waals surface area contributed by atoms with Gasteiger partial charge in [0.2, 0.25) is 0 Å². The van der Waals surface area contributed by atoms with Crippen LogP contribution < -0.4 is 4.90 Å². The Morgan fingerprint density at radius 1 is 1.27 bits per heavy atom. The summed E-state index contributed by atoms with van der Waals surface area (Å²) in [6.45, 7) is 6.04. The van der Waals surface area contributed by atoms with Crippen LogP contribution in [0.15, 0.2) is 18.2 Å². The summed E-state index contributed by atoms with van der Waals surface area (Å²) in [6.07, 6.45) is -1.88. The van der Waals surface area contributed by atoms with E-state index in [9.17, 15) is 18.0 Å². The zero-order chi connectivity index (χ0) is 19.7. The third-order valence-corrected chi connectivity index (χ3v) is 4.90. The molecular formula is C18H20F3N3OS. The fourth-order valence-electron chi connectivity index (χ4n) is 2.96. The van der Waals surface area contributed by atoms with Gasteiger partial charge in [0.15, 0.2) is 5.11 Å². The lowest BCUT2D eigenvalue weighted by molar-refractivity contribution is -0.137. The molecule has 1 aromatic carbocycles. The number of alkyl halides is 3. The predicted molar refractivity (Wildman–Crippen MR) is 96.6 cm³/mol. The van der Waals surface area contributed by atoms with Gasteiger partial charge in [0.25, 0.3) is 5.91 Å². The number of nitrogens with zero attached hydrogens (tertiary/aromatic N) is 3. The van der Waals surface area contributed by atoms with Gasteiger partial charge in [-0.1, -0.05) is 19.8 Å². The average molecular weight is 383 g/mol. The Balaban J connectivity index is 2.44. The molecule has 0 N–H and O–H groups in total. The van der Waals surface area contributed by atoms with Crippen LogP contribution in [0.2, 0.25) is 0 Å². The Morgan fingerprint density at radius 2 is 1.92 bits per heavy atom. The van der Waals surface area contributed by atoms with Crippen molar-refractivity contribution in [3.8, 4) is 6.07 Å². The topological polar surface area (TPSA) is 47.3 Å². The van der Waals surface area contributed by atoms with Crippen molar-refractivity contribution in [1.82, 2.24) is 4.90 Å². The van der Waals surface area contributed by atoms with Crippen molar-refractivity contribution < 1.29 is 18.0 Å². The number of unbranched alkanes of at least 4 members (excludes halogenated alkanes) is 2. The molecule has 0 radical (unpaired) electrons. The minimum absolute atomic E-state index is 0.0254. The molecule has 0 aromatic heterocycles. The quantitative estimate of drug-likeness (QED) is 0.556. The first-order chi connectivity index (χ1) is 12.1. The maximum atomic E-state index is 13.2. The van der Waals surface area contributed by atoms with Crippen molar-refractivity contribution in [2.75, 3.05) is 11.4 Å². The number of benzene rings is 1. The Hall–Kier alpha value is -2.14. The largest absolute Gasteiger partial charge is 0.417 e. The molecule has 140 valence electrons. The summed E-state index contributed by atoms with van der Waals surface area (Å²) >= 11 is 5.40. The van der Waals surface area contributed by atoms with E-state index in [2.05, 4.69) is 6.92 Å². The molecule has 1 amide bonds. The van der Waals surface area contributed by atoms with Crippen LogP contribution >= 0.6 is 12.2 Å². The van der Waals surface area contributed by atoms with Gasteiger partial charge < -0.3 is 4.90 Å². The molecule has 0 bridgehead atoms. The monoisotopic (exact) mass is 383 g/mol. The minimum atomic E-state index is -4.69. The number of hydrogen-bond donors (Lipinski definition) is 0. The summed E-state index contributed by atoms with van der Waals surface area (Å²) in [6, 6.07) is 4.74. The number of nitriles is 1. The molecule has 8 heteroatoms. The zero-order valence-corrected chi connectivity index (χ0v) is 15.7. The predicted octanol–water partition coefficient (Wildman–Crippen LogP) is 4.48. The summed E-state index contributed by atoms with van der Waals surface area (Å²) in [5, 5.41) is 9.11. The van der Waals surface area contributed by atoms with Gasteiger partial charge >= 0.3 is 6.18 Å². The maximum Gasteiger partial charge on any atom is 0.417 e. The highest BCUT2D eigenvalue weighted by Gasteiger charge is 2.49. The highest BCUT2D eigenvalue weighted by molar-refractivity contribution is 7.80. The Kier molecular flexibility index (Phi) is 5.61. The molecule has 1 saturated heterocycles. The fourth-order valence-corrected chi connectivity index (χ4v) is 3.47. The van der Waals surface area contributed by atoms with Crippen molar-refractivity contribution in [2.45, 2.75) is 51.7 Å². The van der Waals surface area contributed by atoms with Crippen molar-refractivity contribution >= 4 is 28.9 Å². The molecule has 0 unspecified atom stereocenters. The van der Waals surface area contributed by atoms with Crippen LogP contribution in [0.1, 0.15) is 51.2 Å². The highest BCUT2D eigenvalue weighted by atomic mass is 32.1. The van der Waals surface area contributed by atoms with Crippen LogP contribution in [0, 0.1) is 11.3 Å². The van der Waals surface area contributed by atoms with Crippen molar-refractivity contribution in [2.24, 2.45) is 0 Å². The van der Waals surface area contributed by atoms with Gasteiger partial charge in [-0.3, -0.25) is 9.69 Å². The number of hydrogen-bond acceptors (Lipinski definition) is 3. The number of carbonyl (C=O) groups excluding carboxylic acids is 1. The summed E-state index contributed by atoms with van der Waals surface area (Å²) in [5.41, 5.74) is -2.47. The van der Waals surface area contributed by atoms with Crippen molar-refractivity contribution in [3.63, 3.8) is 0 Å². The summed E-state index contributed by atoms with van der Waals surface area (Å²) in [4.78, 5) is 15.7. The van der Waals surface area contributed by atoms with Gasteiger partial charge in [0.1, 0.15) is 5.54 Å². The molecule has 1 aliphatic heterocycles. The molecular weight excluding hydrogens is 363 g/mol. The number of rotatable bonds is 5. The van der Waals surface area contributed by atoms with Gasteiger partial charge in [0, 0.05) is 6.54 Å². The fraction of sp³-hybridized carbons (Fsp3) is 0.500. The number of thiocarbonyl (C=S) groups is 1. The molecule has 2 rings (SSSR count). The molecule has 4 nitrogen and oxygen atoms in total. The van der Waals surface area contributed by atoms with Crippen LogP contribution in [-0.4, -0.2) is 28.0 Å². The smallest absolute Gasteiger partial charge is 0.334 e. The normalized spacial score (nSPS) is 17.0. The SMILES string of the molecule is CCCCCN1C(=S)N(c2ccc(C#N)c(C(F)(F)F)c2)C(=O)C1(C)C. The van der Waals surface area contributed by atoms with E-state index < -0.39 is 22.8 Å². The molecule has 1 fully saturated rings. The van der Waals surface area contributed by atoms with Gasteiger partial charge in [-0.25, -0.2) is 0 Å². The molecule has 1 aromatic rings. The maximum absolute atomic E-state index is 13.2. The van der Waals surface area contributed by atoms with Crippen LogP contribution in [0.5, 0.6) is 0 Å². The van der Waals surface area contributed by atoms with E-state index >= 15 is 0 Å². The van der Waals surface area contributed by atoms with Crippen LogP contribution in [0.3, 0.4) is 0 Å². The lowest BCUT2D eigenvalue weighted by Crippen LogP contribution is -2.44. The van der Waals surface area contributed by atoms with E-state index in [0.29, 0.717) is 6.54 Å². The van der Waals surface area contributed by atoms with Gasteiger partial charge in [-0.15, -0.1) is 0 Å². The average Bonchev–Trinajstić information content (AvgIpc) is 2.73. The first kappa shape index (κ1) is 20.2. The Bertz CT molecular complexity index is 768. The second-order valence-electron chi connectivity index (χ2n) is 6.68. The van der Waals surface area contributed by atoms with E-state index in [1.807, 2.05) is 0 Å². The molecule has 26 heavy (non-hydrogen) atoms.